The second kappa shape index (κ2) is 7.85. The van der Waals surface area contributed by atoms with Gasteiger partial charge in [-0.3, -0.25) is 0 Å². The van der Waals surface area contributed by atoms with Crippen LogP contribution in [0, 0.1) is 0 Å². The van der Waals surface area contributed by atoms with Crippen LogP contribution in [-0.2, 0) is 0 Å². The highest BCUT2D eigenvalue weighted by Gasteiger charge is 1.90. The van der Waals surface area contributed by atoms with Crippen LogP contribution in [0.25, 0.3) is 0 Å². The summed E-state index contributed by atoms with van der Waals surface area (Å²) in [5.41, 5.74) is 2.31. The van der Waals surface area contributed by atoms with Crippen LogP contribution in [0.4, 0.5) is 0 Å². The number of allylic oxidation sites excluding steroid dienone is 4. The van der Waals surface area contributed by atoms with E-state index in [1.165, 1.54) is 31.3 Å². The first kappa shape index (κ1) is 12.2. The van der Waals surface area contributed by atoms with E-state index in [2.05, 4.69) is 26.2 Å². The van der Waals surface area contributed by atoms with E-state index >= 15 is 0 Å². The second-order valence-electron chi connectivity index (χ2n) is 3.65. The van der Waals surface area contributed by atoms with E-state index in [0.29, 0.717) is 0 Å². The molecule has 0 unspecified atom stereocenters. The quantitative estimate of drug-likeness (QED) is 0.393. The number of rotatable bonds is 7. The Morgan fingerprint density at radius 1 is 1.08 bits per heavy atom. The molecule has 0 rings (SSSR count). The fourth-order valence-corrected chi connectivity index (χ4v) is 1.12. The highest BCUT2D eigenvalue weighted by molar-refractivity contribution is 5.22. The molecule has 0 saturated carbocycles. The molecule has 0 heteroatoms. The number of unbranched alkanes of at least 4 members (excludes halogenated alkanes) is 3. The van der Waals surface area contributed by atoms with Crippen molar-refractivity contribution in [3.8, 4) is 0 Å². The van der Waals surface area contributed by atoms with Gasteiger partial charge in [0.15, 0.2) is 0 Å². The van der Waals surface area contributed by atoms with E-state index in [9.17, 15) is 0 Å². The Morgan fingerprint density at radius 3 is 2.31 bits per heavy atom. The molecule has 0 aromatic heterocycles. The monoisotopic (exact) mass is 178 g/mol. The van der Waals surface area contributed by atoms with Crippen LogP contribution in [0.1, 0.15) is 46.0 Å². The molecular weight excluding hydrogens is 156 g/mol. The fourth-order valence-electron chi connectivity index (χ4n) is 1.12. The van der Waals surface area contributed by atoms with Crippen LogP contribution >= 0.6 is 0 Å². The molecule has 0 bridgehead atoms. The molecule has 0 fully saturated rings. The van der Waals surface area contributed by atoms with Crippen LogP contribution in [0.2, 0.25) is 0 Å². The SMILES string of the molecule is C=C(C)/C=C\C(=C)CCCCCC. The Morgan fingerprint density at radius 2 is 1.77 bits per heavy atom. The van der Waals surface area contributed by atoms with E-state index in [1.807, 2.05) is 13.0 Å². The Hall–Kier alpha value is -0.780. The second-order valence-corrected chi connectivity index (χ2v) is 3.65. The molecule has 0 N–H and O–H groups in total. The fraction of sp³-hybridized carbons (Fsp3) is 0.538. The zero-order valence-electron chi connectivity index (χ0n) is 9.10. The molecule has 0 saturated heterocycles. The molecule has 0 heterocycles. The molecule has 74 valence electrons. The maximum Gasteiger partial charge on any atom is -0.0285 e. The first-order valence-corrected chi connectivity index (χ1v) is 5.18. The molecule has 0 radical (unpaired) electrons. The van der Waals surface area contributed by atoms with E-state index < -0.39 is 0 Å². The average Bonchev–Trinajstić information content (AvgIpc) is 2.09. The van der Waals surface area contributed by atoms with E-state index in [-0.39, 0.29) is 0 Å². The van der Waals surface area contributed by atoms with Crippen LogP contribution in [0.5, 0.6) is 0 Å². The summed E-state index contributed by atoms with van der Waals surface area (Å²) in [5, 5.41) is 0. The summed E-state index contributed by atoms with van der Waals surface area (Å²) in [7, 11) is 0. The molecule has 0 atom stereocenters. The third-order valence-electron chi connectivity index (χ3n) is 1.95. The third kappa shape index (κ3) is 9.13. The minimum absolute atomic E-state index is 1.09. The van der Waals surface area contributed by atoms with Crippen molar-refractivity contribution >= 4 is 0 Å². The lowest BCUT2D eigenvalue weighted by Gasteiger charge is -1.99. The van der Waals surface area contributed by atoms with Gasteiger partial charge in [0.25, 0.3) is 0 Å². The Balaban J connectivity index is 3.46. The summed E-state index contributed by atoms with van der Waals surface area (Å²) in [4.78, 5) is 0. The van der Waals surface area contributed by atoms with Gasteiger partial charge in [0.2, 0.25) is 0 Å². The lowest BCUT2D eigenvalue weighted by Crippen LogP contribution is -1.79. The smallest absolute Gasteiger partial charge is 0.0285 e. The van der Waals surface area contributed by atoms with Gasteiger partial charge in [0.1, 0.15) is 0 Å². The van der Waals surface area contributed by atoms with Crippen molar-refractivity contribution < 1.29 is 0 Å². The van der Waals surface area contributed by atoms with Gasteiger partial charge in [-0.25, -0.2) is 0 Å². The van der Waals surface area contributed by atoms with Gasteiger partial charge < -0.3 is 0 Å². The van der Waals surface area contributed by atoms with Crippen molar-refractivity contribution in [2.45, 2.75) is 46.0 Å². The minimum atomic E-state index is 1.09. The molecule has 0 aliphatic heterocycles. The minimum Gasteiger partial charge on any atom is -0.0961 e. The summed E-state index contributed by atoms with van der Waals surface area (Å²) in [6.07, 6.45) is 10.5. The topological polar surface area (TPSA) is 0 Å². The van der Waals surface area contributed by atoms with Crippen molar-refractivity contribution in [2.75, 3.05) is 0 Å². The van der Waals surface area contributed by atoms with Gasteiger partial charge in [0, 0.05) is 0 Å². The van der Waals surface area contributed by atoms with Crippen LogP contribution in [0.15, 0.2) is 36.5 Å². The average molecular weight is 178 g/mol. The van der Waals surface area contributed by atoms with Crippen LogP contribution in [-0.4, -0.2) is 0 Å². The van der Waals surface area contributed by atoms with Gasteiger partial charge in [0.05, 0.1) is 0 Å². The Labute approximate surface area is 83.0 Å². The Bertz CT molecular complexity index is 184. The van der Waals surface area contributed by atoms with Crippen molar-refractivity contribution in [3.63, 3.8) is 0 Å². The molecule has 0 spiro atoms. The molecule has 13 heavy (non-hydrogen) atoms. The number of hydrogen-bond donors (Lipinski definition) is 0. The van der Waals surface area contributed by atoms with Gasteiger partial charge in [-0.2, -0.15) is 0 Å². The predicted molar refractivity (Wildman–Crippen MR) is 61.9 cm³/mol. The summed E-state index contributed by atoms with van der Waals surface area (Å²) in [6.45, 7) is 12.0. The van der Waals surface area contributed by atoms with Crippen molar-refractivity contribution in [1.29, 1.82) is 0 Å². The number of hydrogen-bond acceptors (Lipinski definition) is 0. The summed E-state index contributed by atoms with van der Waals surface area (Å²) in [5.74, 6) is 0. The first-order valence-electron chi connectivity index (χ1n) is 5.18. The van der Waals surface area contributed by atoms with Crippen molar-refractivity contribution in [2.24, 2.45) is 0 Å². The van der Waals surface area contributed by atoms with Crippen LogP contribution in [0.3, 0.4) is 0 Å². The van der Waals surface area contributed by atoms with Gasteiger partial charge >= 0.3 is 0 Å². The summed E-state index contributed by atoms with van der Waals surface area (Å²) in [6, 6.07) is 0. The maximum atomic E-state index is 4.00. The van der Waals surface area contributed by atoms with E-state index in [1.54, 1.807) is 0 Å². The van der Waals surface area contributed by atoms with Gasteiger partial charge in [-0.1, -0.05) is 62.6 Å². The van der Waals surface area contributed by atoms with Gasteiger partial charge in [-0.15, -0.1) is 0 Å². The largest absolute Gasteiger partial charge is 0.0961 e. The van der Waals surface area contributed by atoms with Crippen molar-refractivity contribution in [3.05, 3.63) is 36.5 Å². The van der Waals surface area contributed by atoms with E-state index in [0.717, 1.165) is 12.0 Å². The molecule has 0 aliphatic carbocycles. The highest BCUT2D eigenvalue weighted by Crippen LogP contribution is 2.10. The van der Waals surface area contributed by atoms with Gasteiger partial charge in [-0.05, 0) is 19.8 Å². The summed E-state index contributed by atoms with van der Waals surface area (Å²) >= 11 is 0. The molecule has 0 aliphatic rings. The molecule has 0 aromatic rings. The highest BCUT2D eigenvalue weighted by atomic mass is 14.0. The van der Waals surface area contributed by atoms with E-state index in [4.69, 9.17) is 0 Å². The molecule has 0 amide bonds. The van der Waals surface area contributed by atoms with Crippen LogP contribution < -0.4 is 0 Å². The molecule has 0 aromatic carbocycles. The first-order chi connectivity index (χ1) is 6.16. The zero-order chi connectivity index (χ0) is 10.1. The molecular formula is C13H22. The maximum absolute atomic E-state index is 4.00. The predicted octanol–water partition coefficient (Wildman–Crippen LogP) is 4.65. The standard InChI is InChI=1S/C13H22/c1-5-6-7-8-9-13(4)11-10-12(2)3/h10-11H,2,4-9H2,1,3H3/b11-10-. The third-order valence-corrected chi connectivity index (χ3v) is 1.95. The van der Waals surface area contributed by atoms with Crippen molar-refractivity contribution in [1.82, 2.24) is 0 Å². The summed E-state index contributed by atoms with van der Waals surface area (Å²) < 4.78 is 0. The Kier molecular flexibility index (Phi) is 7.38. The lowest BCUT2D eigenvalue weighted by molar-refractivity contribution is 0.668. The molecule has 0 nitrogen and oxygen atoms in total. The normalized spacial score (nSPS) is 10.6. The lowest BCUT2D eigenvalue weighted by atomic mass is 10.1. The zero-order valence-corrected chi connectivity index (χ0v) is 9.10.